The molecule has 0 heterocycles. The SMILES string of the molecule is COCCCC(N)C(=O)Nc1cc(C(N)=O)ccc1Cl. The number of amides is 2. The van der Waals surface area contributed by atoms with Crippen LogP contribution in [-0.4, -0.2) is 31.6 Å². The molecule has 0 aliphatic heterocycles. The van der Waals surface area contributed by atoms with E-state index in [4.69, 9.17) is 27.8 Å². The molecule has 1 aromatic rings. The third-order valence-corrected chi connectivity index (χ3v) is 3.04. The highest BCUT2D eigenvalue weighted by molar-refractivity contribution is 6.34. The summed E-state index contributed by atoms with van der Waals surface area (Å²) in [7, 11) is 1.58. The van der Waals surface area contributed by atoms with E-state index in [1.165, 1.54) is 18.2 Å². The Bertz CT molecular complexity index is 494. The molecule has 5 N–H and O–H groups in total. The molecule has 0 saturated heterocycles. The molecule has 0 bridgehead atoms. The van der Waals surface area contributed by atoms with Gasteiger partial charge in [0, 0.05) is 19.3 Å². The lowest BCUT2D eigenvalue weighted by atomic mass is 10.1. The van der Waals surface area contributed by atoms with Gasteiger partial charge in [0.25, 0.3) is 0 Å². The summed E-state index contributed by atoms with van der Waals surface area (Å²) < 4.78 is 4.89. The quantitative estimate of drug-likeness (QED) is 0.656. The summed E-state index contributed by atoms with van der Waals surface area (Å²) in [6.45, 7) is 0.541. The number of halogens is 1. The Morgan fingerprint density at radius 2 is 2.15 bits per heavy atom. The first-order chi connectivity index (χ1) is 9.45. The molecule has 0 aromatic heterocycles. The van der Waals surface area contributed by atoms with Crippen molar-refractivity contribution in [3.05, 3.63) is 28.8 Å². The van der Waals surface area contributed by atoms with Crippen LogP contribution in [0.5, 0.6) is 0 Å². The van der Waals surface area contributed by atoms with E-state index in [0.717, 1.165) is 0 Å². The highest BCUT2D eigenvalue weighted by Gasteiger charge is 2.15. The van der Waals surface area contributed by atoms with Crippen molar-refractivity contribution in [2.45, 2.75) is 18.9 Å². The second-order valence-corrected chi connectivity index (χ2v) is 4.70. The molecule has 0 aliphatic carbocycles. The molecule has 1 aromatic carbocycles. The summed E-state index contributed by atoms with van der Waals surface area (Å²) in [6.07, 6.45) is 1.17. The highest BCUT2D eigenvalue weighted by Crippen LogP contribution is 2.23. The van der Waals surface area contributed by atoms with E-state index in [1.807, 2.05) is 0 Å². The smallest absolute Gasteiger partial charge is 0.248 e. The van der Waals surface area contributed by atoms with Crippen LogP contribution in [0.4, 0.5) is 5.69 Å². The van der Waals surface area contributed by atoms with Crippen LogP contribution in [0.15, 0.2) is 18.2 Å². The minimum absolute atomic E-state index is 0.262. The number of methoxy groups -OCH3 is 1. The maximum Gasteiger partial charge on any atom is 0.248 e. The molecular weight excluding hydrogens is 282 g/mol. The number of ether oxygens (including phenoxy) is 1. The van der Waals surface area contributed by atoms with E-state index in [-0.39, 0.29) is 11.5 Å². The zero-order valence-corrected chi connectivity index (χ0v) is 11.9. The van der Waals surface area contributed by atoms with Crippen molar-refractivity contribution in [3.8, 4) is 0 Å². The molecule has 1 atom stereocenters. The predicted octanol–water partition coefficient (Wildman–Crippen LogP) is 1.13. The Morgan fingerprint density at radius 1 is 1.45 bits per heavy atom. The molecule has 0 aliphatic rings. The van der Waals surface area contributed by atoms with Crippen molar-refractivity contribution in [2.75, 3.05) is 19.0 Å². The van der Waals surface area contributed by atoms with E-state index in [1.54, 1.807) is 7.11 Å². The number of nitrogens with one attached hydrogen (secondary N) is 1. The second kappa shape index (κ2) is 7.84. The molecule has 7 heteroatoms. The van der Waals surface area contributed by atoms with Crippen LogP contribution >= 0.6 is 11.6 Å². The maximum absolute atomic E-state index is 11.9. The van der Waals surface area contributed by atoms with Crippen molar-refractivity contribution < 1.29 is 14.3 Å². The van der Waals surface area contributed by atoms with Crippen molar-refractivity contribution in [1.29, 1.82) is 0 Å². The maximum atomic E-state index is 11.9. The number of nitrogens with two attached hydrogens (primary N) is 2. The van der Waals surface area contributed by atoms with Crippen molar-refractivity contribution in [3.63, 3.8) is 0 Å². The van der Waals surface area contributed by atoms with E-state index in [9.17, 15) is 9.59 Å². The molecule has 2 amide bonds. The summed E-state index contributed by atoms with van der Waals surface area (Å²) in [6, 6.07) is 3.73. The predicted molar refractivity (Wildman–Crippen MR) is 77.7 cm³/mol. The Kier molecular flexibility index (Phi) is 6.44. The topological polar surface area (TPSA) is 107 Å². The van der Waals surface area contributed by atoms with Crippen LogP contribution < -0.4 is 16.8 Å². The van der Waals surface area contributed by atoms with Gasteiger partial charge in [-0.3, -0.25) is 9.59 Å². The van der Waals surface area contributed by atoms with Gasteiger partial charge in [0.15, 0.2) is 0 Å². The Balaban J connectivity index is 2.69. The first-order valence-corrected chi connectivity index (χ1v) is 6.48. The Morgan fingerprint density at radius 3 is 2.75 bits per heavy atom. The molecular formula is C13H18ClN3O3. The van der Waals surface area contributed by atoms with Crippen LogP contribution in [0.25, 0.3) is 0 Å². The number of rotatable bonds is 7. The van der Waals surface area contributed by atoms with Crippen molar-refractivity contribution in [1.82, 2.24) is 0 Å². The summed E-state index contributed by atoms with van der Waals surface area (Å²) >= 11 is 5.95. The lowest BCUT2D eigenvalue weighted by Gasteiger charge is -2.13. The molecule has 0 radical (unpaired) electrons. The number of hydrogen-bond donors (Lipinski definition) is 3. The minimum atomic E-state index is -0.668. The van der Waals surface area contributed by atoms with Crippen LogP contribution in [-0.2, 0) is 9.53 Å². The normalized spacial score (nSPS) is 11.9. The van der Waals surface area contributed by atoms with Gasteiger partial charge in [0.05, 0.1) is 16.8 Å². The molecule has 0 saturated carbocycles. The lowest BCUT2D eigenvalue weighted by Crippen LogP contribution is -2.35. The van der Waals surface area contributed by atoms with Crippen molar-refractivity contribution >= 4 is 29.1 Å². The average Bonchev–Trinajstić information content (AvgIpc) is 2.41. The van der Waals surface area contributed by atoms with Gasteiger partial charge < -0.3 is 21.5 Å². The number of carbonyl (C=O) groups is 2. The van der Waals surface area contributed by atoms with Gasteiger partial charge >= 0.3 is 0 Å². The third-order valence-electron chi connectivity index (χ3n) is 2.71. The summed E-state index contributed by atoms with van der Waals surface area (Å²) in [4.78, 5) is 23.0. The van der Waals surface area contributed by atoms with Gasteiger partial charge in [0.2, 0.25) is 11.8 Å². The van der Waals surface area contributed by atoms with Crippen molar-refractivity contribution in [2.24, 2.45) is 11.5 Å². The largest absolute Gasteiger partial charge is 0.385 e. The lowest BCUT2D eigenvalue weighted by molar-refractivity contribution is -0.117. The summed E-state index contributed by atoms with van der Waals surface area (Å²) in [5, 5.41) is 2.90. The van der Waals surface area contributed by atoms with Gasteiger partial charge in [-0.2, -0.15) is 0 Å². The monoisotopic (exact) mass is 299 g/mol. The van der Waals surface area contributed by atoms with Crippen LogP contribution in [0.1, 0.15) is 23.2 Å². The molecule has 0 spiro atoms. The minimum Gasteiger partial charge on any atom is -0.385 e. The number of hydrogen-bond acceptors (Lipinski definition) is 4. The summed E-state index contributed by atoms with van der Waals surface area (Å²) in [5.74, 6) is -0.966. The zero-order chi connectivity index (χ0) is 15.1. The van der Waals surface area contributed by atoms with E-state index in [0.29, 0.717) is 30.2 Å². The van der Waals surface area contributed by atoms with Gasteiger partial charge in [-0.25, -0.2) is 0 Å². The molecule has 1 rings (SSSR count). The van der Waals surface area contributed by atoms with E-state index in [2.05, 4.69) is 5.32 Å². The van der Waals surface area contributed by atoms with Crippen LogP contribution in [0.2, 0.25) is 5.02 Å². The number of carbonyl (C=O) groups excluding carboxylic acids is 2. The fourth-order valence-electron chi connectivity index (χ4n) is 1.58. The fraction of sp³-hybridized carbons (Fsp3) is 0.385. The van der Waals surface area contributed by atoms with Crippen LogP contribution in [0.3, 0.4) is 0 Å². The van der Waals surface area contributed by atoms with Gasteiger partial charge in [-0.1, -0.05) is 11.6 Å². The first-order valence-electron chi connectivity index (χ1n) is 6.10. The molecule has 0 fully saturated rings. The van der Waals surface area contributed by atoms with Gasteiger partial charge in [-0.15, -0.1) is 0 Å². The summed E-state index contributed by atoms with van der Waals surface area (Å²) in [5.41, 5.74) is 11.5. The third kappa shape index (κ3) is 4.80. The Hall–Kier alpha value is -1.63. The van der Waals surface area contributed by atoms with Gasteiger partial charge in [0.1, 0.15) is 0 Å². The number of primary amides is 1. The fourth-order valence-corrected chi connectivity index (χ4v) is 1.74. The van der Waals surface area contributed by atoms with E-state index >= 15 is 0 Å². The van der Waals surface area contributed by atoms with Gasteiger partial charge in [-0.05, 0) is 31.0 Å². The standard InChI is InChI=1S/C13H18ClN3O3/c1-20-6-2-3-10(15)13(19)17-11-7-8(12(16)18)4-5-9(11)14/h4-5,7,10H,2-3,6,15H2,1H3,(H2,16,18)(H,17,19). The second-order valence-electron chi connectivity index (χ2n) is 4.29. The highest BCUT2D eigenvalue weighted by atomic mass is 35.5. The van der Waals surface area contributed by atoms with Crippen LogP contribution in [0, 0.1) is 0 Å². The molecule has 1 unspecified atom stereocenters. The average molecular weight is 300 g/mol. The zero-order valence-electron chi connectivity index (χ0n) is 11.2. The van der Waals surface area contributed by atoms with E-state index < -0.39 is 11.9 Å². The number of benzene rings is 1. The first kappa shape index (κ1) is 16.4. The molecule has 6 nitrogen and oxygen atoms in total. The molecule has 20 heavy (non-hydrogen) atoms. The number of anilines is 1. The Labute approximate surface area is 122 Å². The molecule has 110 valence electrons.